The smallest absolute Gasteiger partial charge is 0.252 e. The van der Waals surface area contributed by atoms with Gasteiger partial charge in [-0.3, -0.25) is 14.4 Å². The Morgan fingerprint density at radius 2 is 2.08 bits per heavy atom. The maximum Gasteiger partial charge on any atom is 0.252 e. The number of ether oxygens (including phenoxy) is 3. The molecule has 2 fully saturated rings. The van der Waals surface area contributed by atoms with Crippen molar-refractivity contribution >= 4 is 18.1 Å². The standard InChI is InChI=1S/C26H32N2O8/c1-34-20-10-15(13-30)9-16-21-17(25(32)27-6-7-29)11-18(22(31)24(21)36-23(16)20)28(12-14-4-5-14)26(33)19-3-2-8-35-19/h9-11,13-14,18-19,21-22,24,29,31H,2-8,12H2,1H3,(H,27,32). The summed E-state index contributed by atoms with van der Waals surface area (Å²) >= 11 is 0. The van der Waals surface area contributed by atoms with E-state index in [-0.39, 0.29) is 19.1 Å². The Hall–Kier alpha value is -2.95. The van der Waals surface area contributed by atoms with Crippen LogP contribution in [0.15, 0.2) is 23.8 Å². The number of aliphatic hydroxyl groups is 2. The summed E-state index contributed by atoms with van der Waals surface area (Å²) in [6, 6.07) is 2.38. The molecule has 2 amide bonds. The number of nitrogens with one attached hydrogen (secondary N) is 1. The van der Waals surface area contributed by atoms with E-state index in [0.29, 0.717) is 60.0 Å². The third-order valence-corrected chi connectivity index (χ3v) is 7.41. The van der Waals surface area contributed by atoms with Crippen LogP contribution < -0.4 is 14.8 Å². The van der Waals surface area contributed by atoms with E-state index in [0.717, 1.165) is 19.3 Å². The quantitative estimate of drug-likeness (QED) is 0.419. The molecule has 4 aliphatic rings. The van der Waals surface area contributed by atoms with Crippen molar-refractivity contribution < 1.29 is 38.8 Å². The monoisotopic (exact) mass is 500 g/mol. The molecule has 2 heterocycles. The van der Waals surface area contributed by atoms with Crippen LogP contribution in [-0.2, 0) is 14.3 Å². The molecule has 0 spiro atoms. The Balaban J connectivity index is 1.57. The Morgan fingerprint density at radius 1 is 1.28 bits per heavy atom. The highest BCUT2D eigenvalue weighted by Crippen LogP contribution is 2.51. The Morgan fingerprint density at radius 3 is 2.72 bits per heavy atom. The average molecular weight is 501 g/mol. The lowest BCUT2D eigenvalue weighted by Gasteiger charge is -2.41. The molecule has 5 rings (SSSR count). The summed E-state index contributed by atoms with van der Waals surface area (Å²) in [5.41, 5.74) is 1.22. The highest BCUT2D eigenvalue weighted by atomic mass is 16.5. The fourth-order valence-corrected chi connectivity index (χ4v) is 5.45. The summed E-state index contributed by atoms with van der Waals surface area (Å²) in [4.78, 5) is 40.1. The maximum absolute atomic E-state index is 13.5. The van der Waals surface area contributed by atoms with Crippen LogP contribution in [0.1, 0.15) is 47.5 Å². The van der Waals surface area contributed by atoms with Gasteiger partial charge in [0.15, 0.2) is 11.5 Å². The highest BCUT2D eigenvalue weighted by molar-refractivity contribution is 5.96. The van der Waals surface area contributed by atoms with E-state index in [4.69, 9.17) is 14.2 Å². The van der Waals surface area contributed by atoms with Gasteiger partial charge in [-0.2, -0.15) is 0 Å². The summed E-state index contributed by atoms with van der Waals surface area (Å²) in [5.74, 6) is -0.272. The van der Waals surface area contributed by atoms with Gasteiger partial charge in [-0.1, -0.05) is 0 Å². The molecule has 3 N–H and O–H groups in total. The minimum Gasteiger partial charge on any atom is -0.493 e. The molecule has 10 nitrogen and oxygen atoms in total. The van der Waals surface area contributed by atoms with Crippen molar-refractivity contribution in [1.29, 1.82) is 0 Å². The first-order chi connectivity index (χ1) is 17.5. The van der Waals surface area contributed by atoms with E-state index in [1.807, 2.05) is 0 Å². The third-order valence-electron chi connectivity index (χ3n) is 7.41. The van der Waals surface area contributed by atoms with Crippen LogP contribution in [0.25, 0.3) is 0 Å². The number of fused-ring (bicyclic) bond motifs is 3. The normalized spacial score (nSPS) is 28.4. The molecule has 36 heavy (non-hydrogen) atoms. The lowest BCUT2D eigenvalue weighted by Crippen LogP contribution is -2.57. The molecule has 2 aliphatic heterocycles. The zero-order valence-electron chi connectivity index (χ0n) is 20.2. The summed E-state index contributed by atoms with van der Waals surface area (Å²) in [6.07, 6.45) is 3.19. The maximum atomic E-state index is 13.5. The van der Waals surface area contributed by atoms with Gasteiger partial charge in [-0.15, -0.1) is 0 Å². The molecule has 1 aromatic carbocycles. The minimum atomic E-state index is -1.13. The number of methoxy groups -OCH3 is 1. The van der Waals surface area contributed by atoms with E-state index in [2.05, 4.69) is 5.32 Å². The molecule has 194 valence electrons. The molecular weight excluding hydrogens is 468 g/mol. The Kier molecular flexibility index (Phi) is 7.00. The molecule has 10 heteroatoms. The van der Waals surface area contributed by atoms with Crippen LogP contribution in [-0.4, -0.2) is 91.0 Å². The summed E-state index contributed by atoms with van der Waals surface area (Å²) in [6.45, 7) is 0.798. The van der Waals surface area contributed by atoms with Crippen molar-refractivity contribution in [2.24, 2.45) is 5.92 Å². The van der Waals surface area contributed by atoms with Gasteiger partial charge in [0.1, 0.15) is 24.6 Å². The van der Waals surface area contributed by atoms with Crippen LogP contribution in [0, 0.1) is 5.92 Å². The second-order valence-electron chi connectivity index (χ2n) is 9.84. The Labute approximate surface area is 209 Å². The van der Waals surface area contributed by atoms with E-state index >= 15 is 0 Å². The van der Waals surface area contributed by atoms with Crippen LogP contribution in [0.5, 0.6) is 11.5 Å². The predicted octanol–water partition coefficient (Wildman–Crippen LogP) is 0.548. The SMILES string of the molecule is COc1cc(C=O)cc2c1OC1C2C(C(=O)NCCO)=CC(N(CC2CC2)C(=O)C2CCCO2)C1O. The molecule has 5 atom stereocenters. The molecule has 1 saturated heterocycles. The van der Waals surface area contributed by atoms with Gasteiger partial charge in [-0.25, -0.2) is 0 Å². The van der Waals surface area contributed by atoms with E-state index in [1.165, 1.54) is 7.11 Å². The summed E-state index contributed by atoms with van der Waals surface area (Å²) < 4.78 is 17.3. The molecule has 0 bridgehead atoms. The number of carbonyl (C=O) groups is 3. The van der Waals surface area contributed by atoms with Gasteiger partial charge in [-0.05, 0) is 49.8 Å². The number of hydrogen-bond donors (Lipinski definition) is 3. The fourth-order valence-electron chi connectivity index (χ4n) is 5.45. The number of rotatable bonds is 9. The number of nitrogens with zero attached hydrogens (tertiary/aromatic N) is 1. The van der Waals surface area contributed by atoms with Crippen LogP contribution in [0.2, 0.25) is 0 Å². The molecule has 0 radical (unpaired) electrons. The van der Waals surface area contributed by atoms with Crippen molar-refractivity contribution in [3.05, 3.63) is 34.9 Å². The van der Waals surface area contributed by atoms with Crippen LogP contribution in [0.3, 0.4) is 0 Å². The first-order valence-corrected chi connectivity index (χ1v) is 12.5. The van der Waals surface area contributed by atoms with Crippen molar-refractivity contribution in [3.8, 4) is 11.5 Å². The second kappa shape index (κ2) is 10.2. The van der Waals surface area contributed by atoms with Crippen molar-refractivity contribution in [3.63, 3.8) is 0 Å². The lowest BCUT2D eigenvalue weighted by atomic mass is 9.77. The molecule has 2 aliphatic carbocycles. The molecule has 1 aromatic rings. The topological polar surface area (TPSA) is 135 Å². The predicted molar refractivity (Wildman–Crippen MR) is 127 cm³/mol. The van der Waals surface area contributed by atoms with Gasteiger partial charge < -0.3 is 34.6 Å². The highest BCUT2D eigenvalue weighted by Gasteiger charge is 2.52. The van der Waals surface area contributed by atoms with Gasteiger partial charge in [0.25, 0.3) is 5.91 Å². The zero-order chi connectivity index (χ0) is 25.4. The second-order valence-corrected chi connectivity index (χ2v) is 9.84. The zero-order valence-corrected chi connectivity index (χ0v) is 20.2. The van der Waals surface area contributed by atoms with E-state index in [1.54, 1.807) is 23.1 Å². The number of hydrogen-bond acceptors (Lipinski definition) is 8. The van der Waals surface area contributed by atoms with E-state index < -0.39 is 36.2 Å². The first kappa shape index (κ1) is 24.7. The fraction of sp³-hybridized carbons (Fsp3) is 0.577. The Bertz CT molecular complexity index is 1060. The van der Waals surface area contributed by atoms with Crippen LogP contribution in [0.4, 0.5) is 0 Å². The minimum absolute atomic E-state index is 0.0484. The largest absolute Gasteiger partial charge is 0.493 e. The van der Waals surface area contributed by atoms with Crippen molar-refractivity contribution in [2.45, 2.75) is 56.0 Å². The van der Waals surface area contributed by atoms with Gasteiger partial charge in [0.2, 0.25) is 5.91 Å². The average Bonchev–Trinajstić information content (AvgIpc) is 3.38. The van der Waals surface area contributed by atoms with E-state index in [9.17, 15) is 24.6 Å². The van der Waals surface area contributed by atoms with Gasteiger partial charge in [0, 0.05) is 36.4 Å². The van der Waals surface area contributed by atoms with Crippen molar-refractivity contribution in [2.75, 3.05) is 33.4 Å². The number of benzene rings is 1. The number of carbonyl (C=O) groups excluding carboxylic acids is 3. The van der Waals surface area contributed by atoms with Gasteiger partial charge >= 0.3 is 0 Å². The molecule has 0 aromatic heterocycles. The number of aldehydes is 1. The summed E-state index contributed by atoms with van der Waals surface area (Å²) in [7, 11) is 1.46. The first-order valence-electron chi connectivity index (χ1n) is 12.5. The summed E-state index contributed by atoms with van der Waals surface area (Å²) in [5, 5.41) is 23.5. The molecular formula is C26H32N2O8. The third kappa shape index (κ3) is 4.49. The van der Waals surface area contributed by atoms with Crippen LogP contribution >= 0.6 is 0 Å². The molecule has 5 unspecified atom stereocenters. The molecule has 1 saturated carbocycles. The lowest BCUT2D eigenvalue weighted by molar-refractivity contribution is -0.147. The number of aliphatic hydroxyl groups excluding tert-OH is 2. The van der Waals surface area contributed by atoms with Gasteiger partial charge in [0.05, 0.1) is 25.7 Å². The van der Waals surface area contributed by atoms with Crippen molar-refractivity contribution in [1.82, 2.24) is 10.2 Å². The number of amides is 2.